The Kier molecular flexibility index (Phi) is 5.26. The fourth-order valence-corrected chi connectivity index (χ4v) is 3.12. The number of hydrogen-bond acceptors (Lipinski definition) is 5. The van der Waals surface area contributed by atoms with Crippen molar-refractivity contribution in [1.29, 1.82) is 0 Å². The van der Waals surface area contributed by atoms with Gasteiger partial charge in [0.1, 0.15) is 6.10 Å². The third-order valence-corrected chi connectivity index (χ3v) is 4.40. The van der Waals surface area contributed by atoms with Gasteiger partial charge < -0.3 is 23.7 Å². The van der Waals surface area contributed by atoms with Gasteiger partial charge in [-0.3, -0.25) is 0 Å². The zero-order chi connectivity index (χ0) is 18.7. The van der Waals surface area contributed by atoms with E-state index in [1.807, 2.05) is 43.3 Å². The first-order valence-corrected chi connectivity index (χ1v) is 8.48. The Bertz CT molecular complexity index is 799. The molecule has 138 valence electrons. The number of allylic oxidation sites excluding steroid dienone is 1. The molecule has 2 aromatic carbocycles. The SMILES string of the molecule is C=CCc1cc(OC)c2c(c1)OC(c1ccc(OC)c(OC)c1)C(C)O2. The zero-order valence-corrected chi connectivity index (χ0v) is 15.6. The molecule has 2 aromatic rings. The van der Waals surface area contributed by atoms with Gasteiger partial charge in [-0.25, -0.2) is 0 Å². The minimum atomic E-state index is -0.272. The molecule has 0 saturated heterocycles. The van der Waals surface area contributed by atoms with E-state index in [1.54, 1.807) is 21.3 Å². The fourth-order valence-electron chi connectivity index (χ4n) is 3.12. The van der Waals surface area contributed by atoms with Gasteiger partial charge in [0, 0.05) is 5.56 Å². The molecule has 0 bridgehead atoms. The molecule has 1 aliphatic heterocycles. The molecule has 0 saturated carbocycles. The minimum Gasteiger partial charge on any atom is -0.493 e. The molecule has 1 heterocycles. The summed E-state index contributed by atoms with van der Waals surface area (Å²) in [5.74, 6) is 3.29. The van der Waals surface area contributed by atoms with Crippen molar-refractivity contribution in [3.05, 3.63) is 54.1 Å². The third-order valence-electron chi connectivity index (χ3n) is 4.40. The summed E-state index contributed by atoms with van der Waals surface area (Å²) in [5, 5.41) is 0. The van der Waals surface area contributed by atoms with Crippen LogP contribution < -0.4 is 23.7 Å². The molecule has 0 aliphatic carbocycles. The molecule has 2 atom stereocenters. The average molecular weight is 356 g/mol. The molecule has 0 amide bonds. The lowest BCUT2D eigenvalue weighted by Gasteiger charge is -2.33. The van der Waals surface area contributed by atoms with Crippen LogP contribution in [0.4, 0.5) is 0 Å². The molecule has 1 aliphatic rings. The number of benzene rings is 2. The van der Waals surface area contributed by atoms with Crippen LogP contribution in [0.25, 0.3) is 0 Å². The maximum absolute atomic E-state index is 6.30. The zero-order valence-electron chi connectivity index (χ0n) is 15.6. The Balaban J connectivity index is 1.98. The van der Waals surface area contributed by atoms with E-state index in [0.29, 0.717) is 28.7 Å². The van der Waals surface area contributed by atoms with E-state index in [-0.39, 0.29) is 12.2 Å². The van der Waals surface area contributed by atoms with E-state index >= 15 is 0 Å². The van der Waals surface area contributed by atoms with Gasteiger partial charge in [0.25, 0.3) is 0 Å². The van der Waals surface area contributed by atoms with Crippen molar-refractivity contribution in [2.24, 2.45) is 0 Å². The quantitative estimate of drug-likeness (QED) is 0.721. The maximum atomic E-state index is 6.30. The molecule has 2 unspecified atom stereocenters. The van der Waals surface area contributed by atoms with Crippen LogP contribution in [0.15, 0.2) is 43.0 Å². The lowest BCUT2D eigenvalue weighted by Crippen LogP contribution is -2.31. The Morgan fingerprint density at radius 3 is 2.35 bits per heavy atom. The van der Waals surface area contributed by atoms with Crippen LogP contribution in [0.3, 0.4) is 0 Å². The maximum Gasteiger partial charge on any atom is 0.204 e. The predicted molar refractivity (Wildman–Crippen MR) is 99.9 cm³/mol. The van der Waals surface area contributed by atoms with Gasteiger partial charge in [-0.2, -0.15) is 0 Å². The highest BCUT2D eigenvalue weighted by atomic mass is 16.6. The summed E-state index contributed by atoms with van der Waals surface area (Å²) >= 11 is 0. The fraction of sp³-hybridized carbons (Fsp3) is 0.333. The normalized spacial score (nSPS) is 18.2. The monoisotopic (exact) mass is 356 g/mol. The van der Waals surface area contributed by atoms with Gasteiger partial charge in [-0.1, -0.05) is 12.1 Å². The van der Waals surface area contributed by atoms with Crippen molar-refractivity contribution in [3.8, 4) is 28.7 Å². The predicted octanol–water partition coefficient (Wildman–Crippen LogP) is 4.34. The van der Waals surface area contributed by atoms with Crippen molar-refractivity contribution < 1.29 is 23.7 Å². The average Bonchev–Trinajstić information content (AvgIpc) is 2.66. The molecule has 3 rings (SSSR count). The molecule has 0 spiro atoms. The molecule has 26 heavy (non-hydrogen) atoms. The topological polar surface area (TPSA) is 46.2 Å². The Morgan fingerprint density at radius 1 is 0.962 bits per heavy atom. The number of rotatable bonds is 6. The summed E-state index contributed by atoms with van der Waals surface area (Å²) in [7, 11) is 4.86. The number of ether oxygens (including phenoxy) is 5. The molecule has 0 radical (unpaired) electrons. The van der Waals surface area contributed by atoms with E-state index in [1.165, 1.54) is 0 Å². The van der Waals surface area contributed by atoms with Crippen LogP contribution in [-0.4, -0.2) is 27.4 Å². The first-order valence-electron chi connectivity index (χ1n) is 8.48. The third kappa shape index (κ3) is 3.29. The van der Waals surface area contributed by atoms with E-state index in [4.69, 9.17) is 23.7 Å². The van der Waals surface area contributed by atoms with Crippen LogP contribution in [-0.2, 0) is 6.42 Å². The largest absolute Gasteiger partial charge is 0.493 e. The first kappa shape index (κ1) is 18.0. The summed E-state index contributed by atoms with van der Waals surface area (Å²) in [4.78, 5) is 0. The van der Waals surface area contributed by atoms with Crippen molar-refractivity contribution >= 4 is 0 Å². The lowest BCUT2D eigenvalue weighted by atomic mass is 10.0. The van der Waals surface area contributed by atoms with Crippen molar-refractivity contribution in [2.45, 2.75) is 25.6 Å². The van der Waals surface area contributed by atoms with Gasteiger partial charge in [0.15, 0.2) is 29.1 Å². The van der Waals surface area contributed by atoms with E-state index in [0.717, 1.165) is 17.5 Å². The second kappa shape index (κ2) is 7.60. The summed E-state index contributed by atoms with van der Waals surface area (Å²) in [5.41, 5.74) is 2.01. The van der Waals surface area contributed by atoms with E-state index < -0.39 is 0 Å². The van der Waals surface area contributed by atoms with Gasteiger partial charge in [0.05, 0.1) is 21.3 Å². The minimum absolute atomic E-state index is 0.195. The second-order valence-corrected chi connectivity index (χ2v) is 6.09. The van der Waals surface area contributed by atoms with Gasteiger partial charge >= 0.3 is 0 Å². The Labute approximate surface area is 154 Å². The molecular formula is C21H24O5. The second-order valence-electron chi connectivity index (χ2n) is 6.09. The van der Waals surface area contributed by atoms with E-state index in [9.17, 15) is 0 Å². The van der Waals surface area contributed by atoms with Crippen LogP contribution in [0, 0.1) is 0 Å². The molecule has 5 heteroatoms. The summed E-state index contributed by atoms with van der Waals surface area (Å²) in [6, 6.07) is 9.67. The highest BCUT2D eigenvalue weighted by Gasteiger charge is 2.32. The van der Waals surface area contributed by atoms with Crippen molar-refractivity contribution in [1.82, 2.24) is 0 Å². The highest BCUT2D eigenvalue weighted by Crippen LogP contribution is 2.46. The van der Waals surface area contributed by atoms with Crippen molar-refractivity contribution in [3.63, 3.8) is 0 Å². The van der Waals surface area contributed by atoms with Gasteiger partial charge in [-0.15, -0.1) is 6.58 Å². The summed E-state index contributed by atoms with van der Waals surface area (Å²) < 4.78 is 28.6. The van der Waals surface area contributed by atoms with Crippen LogP contribution >= 0.6 is 0 Å². The molecule has 5 nitrogen and oxygen atoms in total. The summed E-state index contributed by atoms with van der Waals surface area (Å²) in [6.45, 7) is 5.77. The molecule has 0 aromatic heterocycles. The molecule has 0 N–H and O–H groups in total. The van der Waals surface area contributed by atoms with Crippen LogP contribution in [0.2, 0.25) is 0 Å². The van der Waals surface area contributed by atoms with E-state index in [2.05, 4.69) is 6.58 Å². The molecular weight excluding hydrogens is 332 g/mol. The lowest BCUT2D eigenvalue weighted by molar-refractivity contribution is 0.0279. The molecule has 0 fully saturated rings. The highest BCUT2D eigenvalue weighted by molar-refractivity contribution is 5.56. The smallest absolute Gasteiger partial charge is 0.204 e. The number of hydrogen-bond donors (Lipinski definition) is 0. The van der Waals surface area contributed by atoms with Gasteiger partial charge in [0.2, 0.25) is 5.75 Å². The Morgan fingerprint density at radius 2 is 1.69 bits per heavy atom. The first-order chi connectivity index (χ1) is 12.6. The Hall–Kier alpha value is -2.82. The van der Waals surface area contributed by atoms with Crippen LogP contribution in [0.1, 0.15) is 24.2 Å². The standard InChI is InChI=1S/C21H24O5/c1-6-7-14-10-18(24-5)21-19(11-14)26-20(13(2)25-21)15-8-9-16(22-3)17(12-15)23-4/h6,8-13,20H,1,7H2,2-5H3. The number of methoxy groups -OCH3 is 3. The number of fused-ring (bicyclic) bond motifs is 1. The summed E-state index contributed by atoms with van der Waals surface area (Å²) in [6.07, 6.45) is 2.11. The van der Waals surface area contributed by atoms with Crippen molar-refractivity contribution in [2.75, 3.05) is 21.3 Å². The van der Waals surface area contributed by atoms with Crippen LogP contribution in [0.5, 0.6) is 28.7 Å². The van der Waals surface area contributed by atoms with Gasteiger partial charge in [-0.05, 0) is 43.2 Å².